The Balaban J connectivity index is 1.60. The summed E-state index contributed by atoms with van der Waals surface area (Å²) in [4.78, 5) is 14.7. The highest BCUT2D eigenvalue weighted by molar-refractivity contribution is 7.15. The molecule has 1 atom stereocenters. The van der Waals surface area contributed by atoms with Gasteiger partial charge in [0.2, 0.25) is 11.0 Å². The van der Waals surface area contributed by atoms with Crippen molar-refractivity contribution in [2.45, 2.75) is 32.1 Å². The van der Waals surface area contributed by atoms with Gasteiger partial charge in [-0.3, -0.25) is 9.69 Å². The van der Waals surface area contributed by atoms with Gasteiger partial charge in [0.1, 0.15) is 5.01 Å². The molecule has 1 N–H and O–H groups in total. The molecule has 1 fully saturated rings. The summed E-state index contributed by atoms with van der Waals surface area (Å²) in [5, 5.41) is 13.0. The SMILES string of the molecule is C#CCN1CCC(C(=O)Nc2nnc([C@@H](CC)c3ccccc3)s2)CC1. The molecule has 0 radical (unpaired) electrons. The van der Waals surface area contributed by atoms with Crippen LogP contribution in [0.5, 0.6) is 0 Å². The summed E-state index contributed by atoms with van der Waals surface area (Å²) < 4.78 is 0. The molecule has 0 saturated carbocycles. The molecule has 1 saturated heterocycles. The highest BCUT2D eigenvalue weighted by Crippen LogP contribution is 2.31. The van der Waals surface area contributed by atoms with E-state index in [1.165, 1.54) is 16.9 Å². The summed E-state index contributed by atoms with van der Waals surface area (Å²) in [5.74, 6) is 2.94. The van der Waals surface area contributed by atoms with E-state index in [-0.39, 0.29) is 17.7 Å². The third-order valence-corrected chi connectivity index (χ3v) is 5.80. The molecule has 3 rings (SSSR count). The van der Waals surface area contributed by atoms with Gasteiger partial charge in [0.05, 0.1) is 6.54 Å². The number of hydrogen-bond donors (Lipinski definition) is 1. The van der Waals surface area contributed by atoms with Gasteiger partial charge in [-0.05, 0) is 37.9 Å². The second-order valence-electron chi connectivity index (χ2n) is 6.56. The third-order valence-electron chi connectivity index (χ3n) is 4.85. The van der Waals surface area contributed by atoms with Crippen LogP contribution >= 0.6 is 11.3 Å². The molecule has 1 aromatic carbocycles. The van der Waals surface area contributed by atoms with Crippen LogP contribution < -0.4 is 5.32 Å². The van der Waals surface area contributed by atoms with Gasteiger partial charge in [0.15, 0.2) is 0 Å². The number of anilines is 1. The number of aromatic nitrogens is 2. The number of nitrogens with one attached hydrogen (secondary N) is 1. The van der Waals surface area contributed by atoms with Crippen molar-refractivity contribution in [2.24, 2.45) is 5.92 Å². The number of nitrogens with zero attached hydrogens (tertiary/aromatic N) is 3. The van der Waals surface area contributed by atoms with Crippen LogP contribution in [0, 0.1) is 18.3 Å². The van der Waals surface area contributed by atoms with Crippen LogP contribution in [0.4, 0.5) is 5.13 Å². The van der Waals surface area contributed by atoms with Gasteiger partial charge in [-0.15, -0.1) is 16.6 Å². The first kappa shape index (κ1) is 18.6. The van der Waals surface area contributed by atoms with E-state index in [4.69, 9.17) is 6.42 Å². The van der Waals surface area contributed by atoms with Crippen LogP contribution in [-0.4, -0.2) is 40.6 Å². The highest BCUT2D eigenvalue weighted by Gasteiger charge is 2.26. The Morgan fingerprint density at radius 2 is 2.08 bits per heavy atom. The Morgan fingerprint density at radius 3 is 2.73 bits per heavy atom. The highest BCUT2D eigenvalue weighted by atomic mass is 32.1. The van der Waals surface area contributed by atoms with Crippen LogP contribution in [0.25, 0.3) is 0 Å². The van der Waals surface area contributed by atoms with E-state index < -0.39 is 0 Å². The Morgan fingerprint density at radius 1 is 1.35 bits per heavy atom. The van der Waals surface area contributed by atoms with E-state index in [2.05, 4.69) is 45.4 Å². The lowest BCUT2D eigenvalue weighted by atomic mass is 9.96. The van der Waals surface area contributed by atoms with Crippen molar-refractivity contribution in [3.05, 3.63) is 40.9 Å². The van der Waals surface area contributed by atoms with Crippen LogP contribution in [0.15, 0.2) is 30.3 Å². The molecule has 0 unspecified atom stereocenters. The molecule has 26 heavy (non-hydrogen) atoms. The van der Waals surface area contributed by atoms with Crippen molar-refractivity contribution in [3.8, 4) is 12.3 Å². The van der Waals surface area contributed by atoms with Crippen LogP contribution in [0.2, 0.25) is 0 Å². The maximum atomic E-state index is 12.5. The molecule has 5 nitrogen and oxygen atoms in total. The lowest BCUT2D eigenvalue weighted by molar-refractivity contribution is -0.121. The zero-order chi connectivity index (χ0) is 18.4. The van der Waals surface area contributed by atoms with Crippen LogP contribution in [0.3, 0.4) is 0 Å². The smallest absolute Gasteiger partial charge is 0.229 e. The second kappa shape index (κ2) is 8.93. The van der Waals surface area contributed by atoms with Gasteiger partial charge in [-0.25, -0.2) is 0 Å². The molecule has 2 aromatic rings. The number of hydrogen-bond acceptors (Lipinski definition) is 5. The van der Waals surface area contributed by atoms with Gasteiger partial charge in [0.25, 0.3) is 0 Å². The first-order valence-corrected chi connectivity index (χ1v) is 9.88. The molecule has 0 bridgehead atoms. The summed E-state index contributed by atoms with van der Waals surface area (Å²) >= 11 is 1.47. The minimum Gasteiger partial charge on any atom is -0.300 e. The molecule has 0 aliphatic carbocycles. The number of benzene rings is 1. The van der Waals surface area contributed by atoms with Crippen LogP contribution in [0.1, 0.15) is 42.7 Å². The number of likely N-dealkylation sites (tertiary alicyclic amines) is 1. The van der Waals surface area contributed by atoms with Crippen molar-refractivity contribution >= 4 is 22.4 Å². The fourth-order valence-corrected chi connectivity index (χ4v) is 4.31. The lowest BCUT2D eigenvalue weighted by Crippen LogP contribution is -2.38. The molecule has 6 heteroatoms. The zero-order valence-corrected chi connectivity index (χ0v) is 15.8. The second-order valence-corrected chi connectivity index (χ2v) is 7.57. The third kappa shape index (κ3) is 4.48. The zero-order valence-electron chi connectivity index (χ0n) is 15.0. The first-order valence-electron chi connectivity index (χ1n) is 9.06. The van der Waals surface area contributed by atoms with Crippen molar-refractivity contribution in [2.75, 3.05) is 25.0 Å². The number of rotatable bonds is 6. The van der Waals surface area contributed by atoms with Gasteiger partial charge < -0.3 is 5.32 Å². The molecule has 1 aliphatic rings. The molecule has 1 aliphatic heterocycles. The Kier molecular flexibility index (Phi) is 6.37. The monoisotopic (exact) mass is 368 g/mol. The Hall–Kier alpha value is -2.23. The van der Waals surface area contributed by atoms with Crippen molar-refractivity contribution in [1.29, 1.82) is 0 Å². The van der Waals surface area contributed by atoms with Crippen molar-refractivity contribution in [3.63, 3.8) is 0 Å². The van der Waals surface area contributed by atoms with Gasteiger partial charge in [-0.2, -0.15) is 0 Å². The first-order chi connectivity index (χ1) is 12.7. The lowest BCUT2D eigenvalue weighted by Gasteiger charge is -2.29. The predicted molar refractivity (Wildman–Crippen MR) is 105 cm³/mol. The fourth-order valence-electron chi connectivity index (χ4n) is 3.35. The molecular weight excluding hydrogens is 344 g/mol. The van der Waals surface area contributed by atoms with Gasteiger partial charge in [-0.1, -0.05) is 54.5 Å². The minimum atomic E-state index is 0.0208. The van der Waals surface area contributed by atoms with E-state index in [1.54, 1.807) is 0 Å². The number of carbonyl (C=O) groups is 1. The summed E-state index contributed by atoms with van der Waals surface area (Å²) in [6, 6.07) is 10.3. The number of carbonyl (C=O) groups excluding carboxylic acids is 1. The van der Waals surface area contributed by atoms with E-state index in [0.29, 0.717) is 11.7 Å². The normalized spacial score (nSPS) is 16.8. The quantitative estimate of drug-likeness (QED) is 0.795. The molecule has 0 spiro atoms. The maximum Gasteiger partial charge on any atom is 0.229 e. The predicted octanol–water partition coefficient (Wildman–Crippen LogP) is 3.36. The van der Waals surface area contributed by atoms with E-state index >= 15 is 0 Å². The largest absolute Gasteiger partial charge is 0.300 e. The number of amides is 1. The Labute approximate surface area is 158 Å². The molecule has 136 valence electrons. The van der Waals surface area contributed by atoms with Crippen molar-refractivity contribution in [1.82, 2.24) is 15.1 Å². The van der Waals surface area contributed by atoms with Gasteiger partial charge in [0, 0.05) is 11.8 Å². The van der Waals surface area contributed by atoms with Crippen LogP contribution in [-0.2, 0) is 4.79 Å². The minimum absolute atomic E-state index is 0.0208. The number of piperidine rings is 1. The summed E-state index contributed by atoms with van der Waals surface area (Å²) in [6.07, 6.45) is 7.96. The van der Waals surface area contributed by atoms with E-state index in [0.717, 1.165) is 37.4 Å². The number of terminal acetylenes is 1. The van der Waals surface area contributed by atoms with E-state index in [1.807, 2.05) is 18.2 Å². The standard InChI is InChI=1S/C20H24N4OS/c1-3-12-24-13-10-16(11-14-24)18(25)21-20-23-22-19(26-20)17(4-2)15-8-6-5-7-9-15/h1,5-9,16-17H,4,10-14H2,2H3,(H,21,23,25)/t17-/m0/s1. The Bertz CT molecular complexity index is 760. The molecule has 1 aromatic heterocycles. The average Bonchev–Trinajstić information content (AvgIpc) is 3.12. The molecule has 2 heterocycles. The average molecular weight is 369 g/mol. The van der Waals surface area contributed by atoms with E-state index in [9.17, 15) is 4.79 Å². The maximum absolute atomic E-state index is 12.5. The fraction of sp³-hybridized carbons (Fsp3) is 0.450. The summed E-state index contributed by atoms with van der Waals surface area (Å²) in [6.45, 7) is 4.54. The molecular formula is C20H24N4OS. The summed E-state index contributed by atoms with van der Waals surface area (Å²) in [7, 11) is 0. The van der Waals surface area contributed by atoms with Crippen molar-refractivity contribution < 1.29 is 4.79 Å². The van der Waals surface area contributed by atoms with Gasteiger partial charge >= 0.3 is 0 Å². The topological polar surface area (TPSA) is 58.1 Å². The molecule has 1 amide bonds. The summed E-state index contributed by atoms with van der Waals surface area (Å²) in [5.41, 5.74) is 1.23.